The number of carbonyl (C=O) groups is 1. The number of carbonyl (C=O) groups excluding carboxylic acids is 1. The summed E-state index contributed by atoms with van der Waals surface area (Å²) in [7, 11) is 0. The van der Waals surface area contributed by atoms with Crippen LogP contribution in [0.15, 0.2) is 35.2 Å². The summed E-state index contributed by atoms with van der Waals surface area (Å²) in [6.45, 7) is 8.35. The molecule has 1 fully saturated rings. The van der Waals surface area contributed by atoms with Crippen LogP contribution in [-0.2, 0) is 4.79 Å². The molecule has 0 spiro atoms. The third kappa shape index (κ3) is 4.40. The number of hydrogen-bond donors (Lipinski definition) is 1. The molecule has 1 aliphatic heterocycles. The quantitative estimate of drug-likeness (QED) is 0.551. The molecule has 8 nitrogen and oxygen atoms in total. The number of likely N-dealkylation sites (N-methyl/N-ethyl adjacent to an activating group) is 1. The van der Waals surface area contributed by atoms with Crippen molar-refractivity contribution in [3.05, 3.63) is 45.8 Å². The van der Waals surface area contributed by atoms with Gasteiger partial charge in [-0.05, 0) is 46.7 Å². The molecule has 0 radical (unpaired) electrons. The minimum absolute atomic E-state index is 0.114. The van der Waals surface area contributed by atoms with Crippen molar-refractivity contribution in [3.63, 3.8) is 0 Å². The highest BCUT2D eigenvalue weighted by Crippen LogP contribution is 2.30. The molecular formula is C21H25BrClN7O. The van der Waals surface area contributed by atoms with E-state index < -0.39 is 0 Å². The molecule has 4 rings (SSSR count). The highest BCUT2D eigenvalue weighted by molar-refractivity contribution is 9.10. The van der Waals surface area contributed by atoms with Crippen molar-refractivity contribution < 1.29 is 4.79 Å². The summed E-state index contributed by atoms with van der Waals surface area (Å²) in [5, 5.41) is 8.60. The molecule has 3 heterocycles. The summed E-state index contributed by atoms with van der Waals surface area (Å²) in [6.07, 6.45) is 1.53. The molecule has 10 heteroatoms. The van der Waals surface area contributed by atoms with Crippen molar-refractivity contribution >= 4 is 50.3 Å². The summed E-state index contributed by atoms with van der Waals surface area (Å²) >= 11 is 9.73. The van der Waals surface area contributed by atoms with E-state index in [1.54, 1.807) is 0 Å². The fourth-order valence-electron chi connectivity index (χ4n) is 4.13. The molecule has 0 bridgehead atoms. The number of H-pyrrole nitrogens is 1. The van der Waals surface area contributed by atoms with Crippen LogP contribution in [-0.4, -0.2) is 75.1 Å². The van der Waals surface area contributed by atoms with Gasteiger partial charge < -0.3 is 9.80 Å². The number of anilines is 1. The number of amides is 1. The van der Waals surface area contributed by atoms with Crippen molar-refractivity contribution in [2.24, 2.45) is 0 Å². The number of aromatic amines is 1. The second kappa shape index (κ2) is 9.50. The molecule has 1 atom stereocenters. The maximum atomic E-state index is 13.6. The summed E-state index contributed by atoms with van der Waals surface area (Å²) < 4.78 is 0.763. The van der Waals surface area contributed by atoms with Gasteiger partial charge in [0.05, 0.1) is 5.39 Å². The van der Waals surface area contributed by atoms with E-state index in [1.165, 1.54) is 6.33 Å². The zero-order chi connectivity index (χ0) is 22.0. The number of nitrogens with zero attached hydrogens (tertiary/aromatic N) is 6. The number of nitrogens with one attached hydrogen (secondary N) is 1. The number of piperazine rings is 1. The van der Waals surface area contributed by atoms with Crippen molar-refractivity contribution in [2.75, 3.05) is 44.2 Å². The highest BCUT2D eigenvalue weighted by atomic mass is 79.9. The minimum atomic E-state index is -0.339. The van der Waals surface area contributed by atoms with Crippen LogP contribution in [0.1, 0.15) is 25.5 Å². The van der Waals surface area contributed by atoms with Crippen LogP contribution < -0.4 is 4.90 Å². The van der Waals surface area contributed by atoms with Crippen LogP contribution in [0.25, 0.3) is 11.0 Å². The Morgan fingerprint density at radius 3 is 2.65 bits per heavy atom. The van der Waals surface area contributed by atoms with Gasteiger partial charge in [-0.25, -0.2) is 9.97 Å². The first-order valence-electron chi connectivity index (χ1n) is 10.4. The van der Waals surface area contributed by atoms with Crippen molar-refractivity contribution in [2.45, 2.75) is 19.9 Å². The van der Waals surface area contributed by atoms with E-state index in [0.29, 0.717) is 36.8 Å². The van der Waals surface area contributed by atoms with E-state index in [0.717, 1.165) is 34.5 Å². The van der Waals surface area contributed by atoms with Gasteiger partial charge in [-0.2, -0.15) is 5.10 Å². The minimum Gasteiger partial charge on any atom is -0.352 e. The molecule has 2 aromatic heterocycles. The second-order valence-electron chi connectivity index (χ2n) is 7.42. The van der Waals surface area contributed by atoms with Gasteiger partial charge in [0.2, 0.25) is 5.91 Å². The summed E-state index contributed by atoms with van der Waals surface area (Å²) in [4.78, 5) is 28.6. The molecule has 31 heavy (non-hydrogen) atoms. The smallest absolute Gasteiger partial charge is 0.244 e. The molecule has 1 aromatic carbocycles. The van der Waals surface area contributed by atoms with Crippen LogP contribution in [0.2, 0.25) is 5.02 Å². The van der Waals surface area contributed by atoms with Gasteiger partial charge in [0, 0.05) is 31.2 Å². The van der Waals surface area contributed by atoms with E-state index in [-0.39, 0.29) is 11.9 Å². The average molecular weight is 507 g/mol. The molecule has 0 aliphatic carbocycles. The monoisotopic (exact) mass is 505 g/mol. The third-order valence-electron chi connectivity index (χ3n) is 5.75. The molecular weight excluding hydrogens is 482 g/mol. The fourth-order valence-corrected chi connectivity index (χ4v) is 4.77. The van der Waals surface area contributed by atoms with E-state index in [9.17, 15) is 4.79 Å². The molecule has 1 N–H and O–H groups in total. The highest BCUT2D eigenvalue weighted by Gasteiger charge is 2.32. The Morgan fingerprint density at radius 2 is 1.97 bits per heavy atom. The van der Waals surface area contributed by atoms with Crippen molar-refractivity contribution in [1.82, 2.24) is 30.0 Å². The largest absolute Gasteiger partial charge is 0.352 e. The van der Waals surface area contributed by atoms with Gasteiger partial charge >= 0.3 is 0 Å². The Hall–Kier alpha value is -2.23. The number of rotatable bonds is 6. The van der Waals surface area contributed by atoms with Crippen molar-refractivity contribution in [3.8, 4) is 0 Å². The number of halogens is 2. The first kappa shape index (κ1) is 22.0. The lowest BCUT2D eigenvalue weighted by Crippen LogP contribution is -2.52. The average Bonchev–Trinajstić information content (AvgIpc) is 3.18. The third-order valence-corrected chi connectivity index (χ3v) is 6.56. The first-order valence-corrected chi connectivity index (χ1v) is 11.6. The van der Waals surface area contributed by atoms with Gasteiger partial charge in [-0.15, -0.1) is 0 Å². The molecule has 1 aliphatic rings. The zero-order valence-corrected chi connectivity index (χ0v) is 19.9. The normalized spacial score (nSPS) is 15.6. The lowest BCUT2D eigenvalue weighted by molar-refractivity contribution is -0.137. The van der Waals surface area contributed by atoms with Crippen LogP contribution in [0, 0.1) is 0 Å². The second-order valence-corrected chi connectivity index (χ2v) is 8.65. The van der Waals surface area contributed by atoms with E-state index in [2.05, 4.69) is 59.7 Å². The lowest BCUT2D eigenvalue weighted by atomic mass is 10.0. The predicted octanol–water partition coefficient (Wildman–Crippen LogP) is 3.50. The van der Waals surface area contributed by atoms with E-state index >= 15 is 0 Å². The molecule has 164 valence electrons. The summed E-state index contributed by atoms with van der Waals surface area (Å²) in [6, 6.07) is 7.28. The molecule has 3 aromatic rings. The van der Waals surface area contributed by atoms with Gasteiger partial charge in [0.15, 0.2) is 5.65 Å². The number of hydrogen-bond acceptors (Lipinski definition) is 6. The Labute approximate surface area is 194 Å². The maximum absolute atomic E-state index is 13.6. The van der Waals surface area contributed by atoms with Crippen LogP contribution in [0.3, 0.4) is 0 Å². The molecule has 1 saturated heterocycles. The Kier molecular flexibility index (Phi) is 6.74. The fraction of sp³-hybridized carbons (Fsp3) is 0.429. The van der Waals surface area contributed by atoms with E-state index in [4.69, 9.17) is 11.6 Å². The lowest BCUT2D eigenvalue weighted by Gasteiger charge is -2.39. The van der Waals surface area contributed by atoms with Gasteiger partial charge in [0.1, 0.15) is 22.8 Å². The number of benzene rings is 1. The Morgan fingerprint density at radius 1 is 1.23 bits per heavy atom. The standard InChI is InChI=1S/C21H25BrClN7O/c1-3-28(4-2)17(14-6-5-7-15(23)12-14)21(31)30-10-8-29(9-11-30)20-16-18(22)26-27-19(16)24-13-25-20/h5-7,12-13,17H,3-4,8-11H2,1-2H3,(H,24,25,26,27). The Bertz CT molecular complexity index is 1060. The molecule has 1 unspecified atom stereocenters. The predicted molar refractivity (Wildman–Crippen MR) is 125 cm³/mol. The molecule has 1 amide bonds. The van der Waals surface area contributed by atoms with Crippen LogP contribution >= 0.6 is 27.5 Å². The van der Waals surface area contributed by atoms with Gasteiger partial charge in [-0.1, -0.05) is 37.6 Å². The van der Waals surface area contributed by atoms with E-state index in [1.807, 2.05) is 29.2 Å². The summed E-state index contributed by atoms with van der Waals surface area (Å²) in [5.41, 5.74) is 1.56. The zero-order valence-electron chi connectivity index (χ0n) is 17.6. The number of aromatic nitrogens is 4. The topological polar surface area (TPSA) is 81.2 Å². The van der Waals surface area contributed by atoms with Gasteiger partial charge in [-0.3, -0.25) is 14.8 Å². The Balaban J connectivity index is 1.53. The molecule has 0 saturated carbocycles. The van der Waals surface area contributed by atoms with Gasteiger partial charge in [0.25, 0.3) is 0 Å². The SMILES string of the molecule is CCN(CC)C(C(=O)N1CCN(c2ncnc3n[nH]c(Br)c23)CC1)c1cccc(Cl)c1. The first-order chi connectivity index (χ1) is 15.0. The maximum Gasteiger partial charge on any atom is 0.244 e. The van der Waals surface area contributed by atoms with Crippen molar-refractivity contribution in [1.29, 1.82) is 0 Å². The van der Waals surface area contributed by atoms with Crippen LogP contribution in [0.5, 0.6) is 0 Å². The number of fused-ring (bicyclic) bond motifs is 1. The summed E-state index contributed by atoms with van der Waals surface area (Å²) in [5.74, 6) is 0.941. The van der Waals surface area contributed by atoms with Crippen LogP contribution in [0.4, 0.5) is 5.82 Å².